The van der Waals surface area contributed by atoms with Crippen LogP contribution in [-0.2, 0) is 0 Å². The molecule has 61 heavy (non-hydrogen) atoms. The molecule has 0 nitrogen and oxygen atoms in total. The summed E-state index contributed by atoms with van der Waals surface area (Å²) in [6, 6.07) is 0. The van der Waals surface area contributed by atoms with Crippen LogP contribution in [0.25, 0.3) is 0 Å². The molecule has 6 rings (SSSR count). The molecule has 7 unspecified atom stereocenters. The van der Waals surface area contributed by atoms with Crippen LogP contribution in [0.2, 0.25) is 0 Å². The van der Waals surface area contributed by atoms with E-state index in [0.717, 1.165) is 41.4 Å². The molecule has 6 aliphatic carbocycles. The molecule has 0 spiro atoms. The number of terminal acetylenes is 3. The standard InChI is InChI=1S/2C10H20.C9H16.2C8H16.C8H14.3C2H2.2CH4/c1-9(2)6-5-7-10(3,4)8-9;1-8-6-5-7-10(3,4)9(8)2;1-8-6-4-5-7-9(8,2)3;1-7-4-3-5-8(2)6-7;2*1-7-5-3-4-6-8(7)2;3*1-2;;/h5-8H2,1-4H3;8-9H,5-7H2,1-4H3;1,4-7H2,2-3H3;2*7-8H,3-6H2,1-2H3;8H,1,3-6H2,2H3;3*1-2H;2*1H4. The molecule has 6 aliphatic rings. The number of allylic oxidation sites excluding steroid dienone is 2. The average Bonchev–Trinajstić information content (AvgIpc) is 3.17. The predicted octanol–water partition coefficient (Wildman–Crippen LogP) is 20.7. The molecule has 0 aromatic heterocycles. The Labute approximate surface area is 390 Å². The lowest BCUT2D eigenvalue weighted by atomic mass is 9.65. The highest BCUT2D eigenvalue weighted by Crippen LogP contribution is 2.45. The lowest BCUT2D eigenvalue weighted by molar-refractivity contribution is 0.0996. The van der Waals surface area contributed by atoms with Crippen LogP contribution in [0.4, 0.5) is 0 Å². The topological polar surface area (TPSA) is 0 Å². The second-order valence-corrected chi connectivity index (χ2v) is 23.1. The van der Waals surface area contributed by atoms with Crippen LogP contribution in [0, 0.1) is 102 Å². The van der Waals surface area contributed by atoms with E-state index in [-0.39, 0.29) is 14.9 Å². The Morgan fingerprint density at radius 3 is 1.13 bits per heavy atom. The summed E-state index contributed by atoms with van der Waals surface area (Å²) in [7, 11) is 0. The maximum atomic E-state index is 4.07. The lowest BCUT2D eigenvalue weighted by Gasteiger charge is -2.40. The summed E-state index contributed by atoms with van der Waals surface area (Å²) in [5, 5.41) is 0. The van der Waals surface area contributed by atoms with Gasteiger partial charge in [-0.15, -0.1) is 38.5 Å². The van der Waals surface area contributed by atoms with Gasteiger partial charge in [-0.05, 0) is 134 Å². The first-order valence-corrected chi connectivity index (χ1v) is 24.8. The fourth-order valence-corrected chi connectivity index (χ4v) is 10.6. The Morgan fingerprint density at radius 1 is 0.443 bits per heavy atom. The molecule has 0 heteroatoms. The van der Waals surface area contributed by atoms with E-state index in [0.29, 0.717) is 21.7 Å². The van der Waals surface area contributed by atoms with E-state index in [9.17, 15) is 0 Å². The molecule has 0 amide bonds. The van der Waals surface area contributed by atoms with E-state index in [1.165, 1.54) is 159 Å². The molecule has 6 saturated carbocycles. The van der Waals surface area contributed by atoms with Crippen molar-refractivity contribution in [3.8, 4) is 38.5 Å². The van der Waals surface area contributed by atoms with Crippen molar-refractivity contribution in [2.45, 2.75) is 266 Å². The second-order valence-electron chi connectivity index (χ2n) is 23.1. The van der Waals surface area contributed by atoms with Crippen LogP contribution in [0.1, 0.15) is 266 Å². The molecule has 0 saturated heterocycles. The van der Waals surface area contributed by atoms with Gasteiger partial charge in [0.15, 0.2) is 0 Å². The van der Waals surface area contributed by atoms with Crippen LogP contribution >= 0.6 is 0 Å². The van der Waals surface area contributed by atoms with Gasteiger partial charge in [0.1, 0.15) is 0 Å². The van der Waals surface area contributed by atoms with Crippen molar-refractivity contribution in [2.75, 3.05) is 0 Å². The number of hydrogen-bond acceptors (Lipinski definition) is 0. The Hall–Kier alpha value is -1.84. The zero-order valence-corrected chi connectivity index (χ0v) is 43.2. The van der Waals surface area contributed by atoms with Gasteiger partial charge < -0.3 is 0 Å². The first-order chi connectivity index (χ1) is 27.5. The van der Waals surface area contributed by atoms with Gasteiger partial charge in [-0.2, -0.15) is 0 Å². The third kappa shape index (κ3) is 32.5. The van der Waals surface area contributed by atoms with E-state index in [1.54, 1.807) is 0 Å². The Bertz CT molecular complexity index is 1070. The van der Waals surface area contributed by atoms with Crippen LogP contribution in [0.5, 0.6) is 0 Å². The Kier molecular flexibility index (Phi) is 40.8. The zero-order chi connectivity index (χ0) is 46.5. The summed E-state index contributed by atoms with van der Waals surface area (Å²) in [5.41, 5.74) is 5.20. The molecular formula is C61H116. The summed E-state index contributed by atoms with van der Waals surface area (Å²) >= 11 is 0. The zero-order valence-electron chi connectivity index (χ0n) is 43.2. The van der Waals surface area contributed by atoms with Crippen molar-refractivity contribution in [1.82, 2.24) is 0 Å². The van der Waals surface area contributed by atoms with Crippen molar-refractivity contribution in [2.24, 2.45) is 63.1 Å². The maximum absolute atomic E-state index is 4.07. The number of hydrogen-bond donors (Lipinski definition) is 0. The largest absolute Gasteiger partial charge is 0.124 e. The van der Waals surface area contributed by atoms with Gasteiger partial charge in [0, 0.05) is 0 Å². The highest BCUT2D eigenvalue weighted by atomic mass is 14.4. The SMILES string of the molecule is C.C.C#C.C#C.C#C.C=C1CCCCC1(C)C.C=C1CCCCC1C.CC1(C)CCCC(C)(C)C1.CC1CCCC(C)(C)C1C.CC1CCCC(C)C1.CC1CCCCC1C. The van der Waals surface area contributed by atoms with E-state index in [4.69, 9.17) is 0 Å². The fraction of sp³-hybridized carbons (Fsp3) is 0.836. The molecule has 7 atom stereocenters. The van der Waals surface area contributed by atoms with Crippen molar-refractivity contribution in [3.63, 3.8) is 0 Å². The predicted molar refractivity (Wildman–Crippen MR) is 287 cm³/mol. The normalized spacial score (nSPS) is 29.8. The van der Waals surface area contributed by atoms with Crippen LogP contribution in [0.15, 0.2) is 24.3 Å². The van der Waals surface area contributed by atoms with Crippen molar-refractivity contribution in [3.05, 3.63) is 24.3 Å². The molecule has 0 heterocycles. The number of rotatable bonds is 0. The van der Waals surface area contributed by atoms with Gasteiger partial charge in [0.2, 0.25) is 0 Å². The average molecular weight is 850 g/mol. The molecule has 0 aromatic carbocycles. The van der Waals surface area contributed by atoms with Gasteiger partial charge in [0.05, 0.1) is 0 Å². The van der Waals surface area contributed by atoms with Crippen molar-refractivity contribution < 1.29 is 0 Å². The summed E-state index contributed by atoms with van der Waals surface area (Å²) in [6.07, 6.45) is 56.6. The minimum absolute atomic E-state index is 0. The molecule has 0 N–H and O–H groups in total. The third-order valence-electron chi connectivity index (χ3n) is 15.5. The van der Waals surface area contributed by atoms with Gasteiger partial charge in [-0.3, -0.25) is 0 Å². The van der Waals surface area contributed by atoms with Crippen LogP contribution in [-0.4, -0.2) is 0 Å². The quantitative estimate of drug-likeness (QED) is 0.168. The molecule has 0 aromatic rings. The highest BCUT2D eigenvalue weighted by Gasteiger charge is 2.34. The van der Waals surface area contributed by atoms with Crippen molar-refractivity contribution in [1.29, 1.82) is 0 Å². The van der Waals surface area contributed by atoms with E-state index < -0.39 is 0 Å². The lowest BCUT2D eigenvalue weighted by Crippen LogP contribution is -2.31. The minimum atomic E-state index is 0. The van der Waals surface area contributed by atoms with Crippen LogP contribution in [0.3, 0.4) is 0 Å². The molecule has 0 radical (unpaired) electrons. The van der Waals surface area contributed by atoms with Gasteiger partial charge in [0.25, 0.3) is 0 Å². The van der Waals surface area contributed by atoms with Crippen LogP contribution < -0.4 is 0 Å². The van der Waals surface area contributed by atoms with E-state index in [2.05, 4.69) is 156 Å². The monoisotopic (exact) mass is 849 g/mol. The van der Waals surface area contributed by atoms with Gasteiger partial charge >= 0.3 is 0 Å². The molecule has 360 valence electrons. The molecular weight excluding hydrogens is 733 g/mol. The van der Waals surface area contributed by atoms with E-state index in [1.807, 2.05) is 0 Å². The fourth-order valence-electron chi connectivity index (χ4n) is 10.6. The molecule has 0 aliphatic heterocycles. The first kappa shape index (κ1) is 68.2. The van der Waals surface area contributed by atoms with Gasteiger partial charge in [-0.25, -0.2) is 0 Å². The molecule has 6 fully saturated rings. The van der Waals surface area contributed by atoms with Crippen molar-refractivity contribution >= 4 is 0 Å². The van der Waals surface area contributed by atoms with Gasteiger partial charge in [-0.1, -0.05) is 220 Å². The first-order valence-electron chi connectivity index (χ1n) is 24.8. The second kappa shape index (κ2) is 36.5. The summed E-state index contributed by atoms with van der Waals surface area (Å²) in [6.45, 7) is 43.6. The Balaban J connectivity index is -0.000000200. The summed E-state index contributed by atoms with van der Waals surface area (Å²) in [5.74, 6) is 6.71. The van der Waals surface area contributed by atoms with E-state index >= 15 is 0 Å². The summed E-state index contributed by atoms with van der Waals surface area (Å²) in [4.78, 5) is 0. The maximum Gasteiger partial charge on any atom is -0.0147 e. The third-order valence-corrected chi connectivity index (χ3v) is 15.5. The summed E-state index contributed by atoms with van der Waals surface area (Å²) < 4.78 is 0. The Morgan fingerprint density at radius 2 is 0.869 bits per heavy atom. The smallest absolute Gasteiger partial charge is 0.0147 e. The highest BCUT2D eigenvalue weighted by molar-refractivity contribution is 5.09. The minimum Gasteiger partial charge on any atom is -0.124 e. The molecule has 0 bridgehead atoms.